The molecule has 0 aliphatic heterocycles. The molecule has 0 atom stereocenters. The van der Waals surface area contributed by atoms with Crippen LogP contribution in [0, 0.1) is 20.8 Å². The molecule has 1 aromatic heterocycles. The minimum atomic E-state index is -4.58. The molecule has 0 bridgehead atoms. The molecule has 5 aromatic rings. The summed E-state index contributed by atoms with van der Waals surface area (Å²) in [6.07, 6.45) is 0. The zero-order valence-electron chi connectivity index (χ0n) is 21.5. The van der Waals surface area contributed by atoms with Crippen molar-refractivity contribution in [2.75, 3.05) is 3.71 Å². The van der Waals surface area contributed by atoms with E-state index in [4.69, 9.17) is 4.42 Å². The molecule has 5 rings (SSSR count). The summed E-state index contributed by atoms with van der Waals surface area (Å²) in [6, 6.07) is 24.9. The molecular weight excluding hydrogens is 534 g/mol. The van der Waals surface area contributed by atoms with Crippen molar-refractivity contribution in [2.45, 2.75) is 30.6 Å². The number of hydrogen-bond acceptors (Lipinski definition) is 6. The molecule has 0 radical (unpaired) electrons. The number of hydrogen-bond donors (Lipinski definition) is 0. The van der Waals surface area contributed by atoms with Gasteiger partial charge in [0, 0.05) is 5.39 Å². The van der Waals surface area contributed by atoms with Crippen LogP contribution in [0.1, 0.15) is 16.7 Å². The fraction of sp³-hybridized carbons (Fsp3) is 0.100. The van der Waals surface area contributed by atoms with Crippen molar-refractivity contribution in [3.8, 4) is 11.1 Å². The highest BCUT2D eigenvalue weighted by Gasteiger charge is 2.37. The van der Waals surface area contributed by atoms with Gasteiger partial charge in [-0.2, -0.15) is 3.71 Å². The standard InChI is InChI=1S/C30H25NO6S2/c1-20-7-12-26(13-8-20)38(33,34)31(39(35,36)27-14-9-21(2)10-15-27)25-11-16-29-24(18-25)19-28(30(32)37-29)23-6-4-5-22(3)17-23/h4-19H,1-3H3. The molecule has 9 heteroatoms. The van der Waals surface area contributed by atoms with E-state index in [9.17, 15) is 21.6 Å². The normalized spacial score (nSPS) is 12.0. The van der Waals surface area contributed by atoms with E-state index in [1.165, 1.54) is 42.5 Å². The van der Waals surface area contributed by atoms with Crippen LogP contribution in [-0.2, 0) is 20.0 Å². The van der Waals surface area contributed by atoms with E-state index >= 15 is 0 Å². The monoisotopic (exact) mass is 559 g/mol. The Morgan fingerprint density at radius 2 is 1.18 bits per heavy atom. The smallest absolute Gasteiger partial charge is 0.344 e. The molecule has 39 heavy (non-hydrogen) atoms. The first-order chi connectivity index (χ1) is 18.5. The highest BCUT2D eigenvalue weighted by molar-refractivity contribution is 8.10. The minimum absolute atomic E-state index is 0.118. The number of fused-ring (bicyclic) bond motifs is 1. The summed E-state index contributed by atoms with van der Waals surface area (Å²) in [5.41, 5.74) is 3.02. The van der Waals surface area contributed by atoms with Gasteiger partial charge in [0.2, 0.25) is 0 Å². The molecule has 0 aliphatic carbocycles. The van der Waals surface area contributed by atoms with Gasteiger partial charge in [0.25, 0.3) is 20.0 Å². The zero-order chi connectivity index (χ0) is 27.9. The Bertz CT molecular complexity index is 1900. The summed E-state index contributed by atoms with van der Waals surface area (Å²) in [5.74, 6) is 0. The van der Waals surface area contributed by atoms with Crippen LogP contribution in [0.25, 0.3) is 22.1 Å². The predicted molar refractivity (Wildman–Crippen MR) is 152 cm³/mol. The van der Waals surface area contributed by atoms with Crippen LogP contribution in [0.2, 0.25) is 0 Å². The first-order valence-electron chi connectivity index (χ1n) is 12.1. The molecule has 0 amide bonds. The van der Waals surface area contributed by atoms with Gasteiger partial charge in [-0.15, -0.1) is 0 Å². The zero-order valence-corrected chi connectivity index (χ0v) is 23.1. The van der Waals surface area contributed by atoms with Crippen LogP contribution in [0.4, 0.5) is 5.69 Å². The third-order valence-corrected chi connectivity index (χ3v) is 10.5. The second kappa shape index (κ2) is 9.83. The average Bonchev–Trinajstić information content (AvgIpc) is 2.89. The number of benzene rings is 4. The molecule has 4 aromatic carbocycles. The van der Waals surface area contributed by atoms with E-state index in [0.717, 1.165) is 16.7 Å². The summed E-state index contributed by atoms with van der Waals surface area (Å²) in [7, 11) is -9.16. The number of rotatable bonds is 6. The lowest BCUT2D eigenvalue weighted by Crippen LogP contribution is -2.37. The minimum Gasteiger partial charge on any atom is -0.422 e. The van der Waals surface area contributed by atoms with Crippen LogP contribution in [0.5, 0.6) is 0 Å². The van der Waals surface area contributed by atoms with E-state index in [1.54, 1.807) is 50.2 Å². The summed E-state index contributed by atoms with van der Waals surface area (Å²) >= 11 is 0. The first-order valence-corrected chi connectivity index (χ1v) is 14.9. The van der Waals surface area contributed by atoms with Gasteiger partial charge in [-0.3, -0.25) is 0 Å². The molecule has 0 saturated heterocycles. The van der Waals surface area contributed by atoms with Gasteiger partial charge in [-0.25, -0.2) is 21.6 Å². The van der Waals surface area contributed by atoms with Crippen molar-refractivity contribution in [2.24, 2.45) is 0 Å². The van der Waals surface area contributed by atoms with Crippen LogP contribution in [0.3, 0.4) is 0 Å². The van der Waals surface area contributed by atoms with Crippen LogP contribution >= 0.6 is 0 Å². The van der Waals surface area contributed by atoms with Crippen LogP contribution < -0.4 is 9.34 Å². The summed E-state index contributed by atoms with van der Waals surface area (Å²) in [6.45, 7) is 5.51. The van der Waals surface area contributed by atoms with E-state index in [1.807, 2.05) is 25.1 Å². The van der Waals surface area contributed by atoms with Gasteiger partial charge in [-0.1, -0.05) is 65.2 Å². The van der Waals surface area contributed by atoms with Crippen LogP contribution in [0.15, 0.2) is 116 Å². The lowest BCUT2D eigenvalue weighted by Gasteiger charge is -2.24. The molecule has 0 spiro atoms. The van der Waals surface area contributed by atoms with E-state index in [-0.39, 0.29) is 26.6 Å². The maximum absolute atomic E-state index is 13.9. The van der Waals surface area contributed by atoms with Crippen molar-refractivity contribution in [3.05, 3.63) is 124 Å². The van der Waals surface area contributed by atoms with Gasteiger partial charge in [-0.05, 0) is 74.9 Å². The molecule has 0 unspecified atom stereocenters. The second-order valence-corrected chi connectivity index (χ2v) is 13.2. The third-order valence-electron chi connectivity index (χ3n) is 6.33. The molecule has 198 valence electrons. The van der Waals surface area contributed by atoms with E-state index < -0.39 is 25.7 Å². The van der Waals surface area contributed by atoms with Crippen LogP contribution in [-0.4, -0.2) is 16.8 Å². The SMILES string of the molecule is Cc1ccc(S(=O)(=O)N(c2ccc3oc(=O)c(-c4cccc(C)c4)cc3c2)S(=O)(=O)c2ccc(C)cc2)cc1. The van der Waals surface area contributed by atoms with E-state index in [0.29, 0.717) is 14.7 Å². The highest BCUT2D eigenvalue weighted by atomic mass is 32.3. The number of aryl methyl sites for hydroxylation is 3. The van der Waals surface area contributed by atoms with Gasteiger partial charge in [0.1, 0.15) is 5.58 Å². The van der Waals surface area contributed by atoms with Crippen molar-refractivity contribution < 1.29 is 21.3 Å². The van der Waals surface area contributed by atoms with Crippen molar-refractivity contribution in [1.82, 2.24) is 0 Å². The Kier molecular flexibility index (Phi) is 6.65. The topological polar surface area (TPSA) is 102 Å². The van der Waals surface area contributed by atoms with Gasteiger partial charge in [0.15, 0.2) is 0 Å². The second-order valence-electron chi connectivity index (χ2n) is 9.37. The molecule has 0 fully saturated rings. The maximum atomic E-state index is 13.9. The van der Waals surface area contributed by atoms with Gasteiger partial charge < -0.3 is 4.42 Å². The third kappa shape index (κ3) is 4.98. The number of sulfonamides is 2. The summed E-state index contributed by atoms with van der Waals surface area (Å²) in [4.78, 5) is 12.4. The number of anilines is 1. The summed E-state index contributed by atoms with van der Waals surface area (Å²) < 4.78 is 61.6. The molecule has 1 heterocycles. The molecule has 7 nitrogen and oxygen atoms in total. The largest absolute Gasteiger partial charge is 0.422 e. The maximum Gasteiger partial charge on any atom is 0.344 e. The molecule has 0 saturated carbocycles. The van der Waals surface area contributed by atoms with Crippen molar-refractivity contribution in [1.29, 1.82) is 0 Å². The fourth-order valence-electron chi connectivity index (χ4n) is 4.26. The lowest BCUT2D eigenvalue weighted by molar-refractivity contribution is 0.563. The fourth-order valence-corrected chi connectivity index (χ4v) is 7.93. The molecule has 0 N–H and O–H groups in total. The Morgan fingerprint density at radius 3 is 1.72 bits per heavy atom. The van der Waals surface area contributed by atoms with Gasteiger partial charge in [0.05, 0.1) is 21.0 Å². The highest BCUT2D eigenvalue weighted by Crippen LogP contribution is 2.34. The Morgan fingerprint density at radius 1 is 0.615 bits per heavy atom. The number of nitrogens with zero attached hydrogens (tertiary/aromatic N) is 1. The predicted octanol–water partition coefficient (Wildman–Crippen LogP) is 5.97. The van der Waals surface area contributed by atoms with Crippen molar-refractivity contribution >= 4 is 36.7 Å². The summed E-state index contributed by atoms with van der Waals surface area (Å²) in [5, 5.41) is 0.367. The van der Waals surface area contributed by atoms with Gasteiger partial charge >= 0.3 is 5.63 Å². The Balaban J connectivity index is 1.75. The first kappa shape index (κ1) is 26.4. The quantitative estimate of drug-likeness (QED) is 0.238. The molecular formula is C30H25NO6S2. The lowest BCUT2D eigenvalue weighted by atomic mass is 10.0. The molecule has 0 aliphatic rings. The Labute approximate surface area is 227 Å². The van der Waals surface area contributed by atoms with E-state index in [2.05, 4.69) is 0 Å². The average molecular weight is 560 g/mol. The van der Waals surface area contributed by atoms with Crippen molar-refractivity contribution in [3.63, 3.8) is 0 Å². The Hall–Kier alpha value is -4.21.